The number of hydrogen-bond acceptors (Lipinski definition) is 8. The van der Waals surface area contributed by atoms with Crippen LogP contribution in [0.1, 0.15) is 38.4 Å². The first-order valence-electron chi connectivity index (χ1n) is 8.68. The molecule has 0 aliphatic heterocycles. The molecule has 0 bridgehead atoms. The molecule has 11 heteroatoms. The van der Waals surface area contributed by atoms with E-state index in [9.17, 15) is 14.4 Å². The summed E-state index contributed by atoms with van der Waals surface area (Å²) in [5.74, 6) is 1.18. The number of carbonyl (C=O) groups is 1. The summed E-state index contributed by atoms with van der Waals surface area (Å²) in [4.78, 5) is 44.6. The number of carbonyl (C=O) groups excluding carboxylic acids is 1. The minimum atomic E-state index is -0.667. The molecule has 0 saturated heterocycles. The first kappa shape index (κ1) is 20.7. The molecule has 148 valence electrons. The second-order valence-electron chi connectivity index (χ2n) is 5.86. The number of thioether (sulfide) groups is 1. The van der Waals surface area contributed by atoms with Gasteiger partial charge in [0, 0.05) is 20.0 Å². The molecule has 0 aliphatic carbocycles. The lowest BCUT2D eigenvalue weighted by Gasteiger charge is -2.23. The topological polar surface area (TPSA) is 140 Å². The van der Waals surface area contributed by atoms with Gasteiger partial charge in [-0.1, -0.05) is 18.5 Å². The average molecular weight is 396 g/mol. The number of anilines is 2. The highest BCUT2D eigenvalue weighted by Crippen LogP contribution is 2.19. The summed E-state index contributed by atoms with van der Waals surface area (Å²) in [6.45, 7) is 6.04. The van der Waals surface area contributed by atoms with Gasteiger partial charge in [-0.25, -0.2) is 4.79 Å². The summed E-state index contributed by atoms with van der Waals surface area (Å²) < 4.78 is 6.18. The molecule has 2 heterocycles. The Morgan fingerprint density at radius 2 is 2.11 bits per heavy atom. The molecule has 10 nitrogen and oxygen atoms in total. The van der Waals surface area contributed by atoms with Gasteiger partial charge < -0.3 is 15.2 Å². The Hall–Kier alpha value is -2.56. The minimum absolute atomic E-state index is 0.00573. The van der Waals surface area contributed by atoms with E-state index in [1.165, 1.54) is 21.2 Å². The molecule has 0 radical (unpaired) electrons. The lowest BCUT2D eigenvalue weighted by atomic mass is 10.3. The Labute approximate surface area is 160 Å². The summed E-state index contributed by atoms with van der Waals surface area (Å²) in [6, 6.07) is 0. The van der Waals surface area contributed by atoms with Gasteiger partial charge >= 0.3 is 5.69 Å². The van der Waals surface area contributed by atoms with Crippen molar-refractivity contribution in [1.29, 1.82) is 0 Å². The van der Waals surface area contributed by atoms with Crippen LogP contribution in [0.2, 0.25) is 0 Å². The van der Waals surface area contributed by atoms with Gasteiger partial charge in [-0.2, -0.15) is 4.98 Å². The SMILES string of the molecule is CCCCn1c(N)c(N(CC)C(=O)CSCc2noc(C)n2)c(=O)[nH]c1=O. The molecule has 0 aromatic carbocycles. The van der Waals surface area contributed by atoms with E-state index in [0.29, 0.717) is 24.0 Å². The Kier molecular flexibility index (Phi) is 7.22. The fourth-order valence-electron chi connectivity index (χ4n) is 2.54. The predicted octanol–water partition coefficient (Wildman–Crippen LogP) is 0.897. The van der Waals surface area contributed by atoms with Crippen LogP contribution < -0.4 is 21.9 Å². The summed E-state index contributed by atoms with van der Waals surface area (Å²) >= 11 is 1.30. The standard InChI is InChI=1S/C16H24N6O4S/c1-4-6-7-22-14(17)13(15(24)19-16(22)25)21(5-2)12(23)9-27-8-11-18-10(3)26-20-11/h4-9,17H2,1-3H3,(H,19,24,25). The number of hydrogen-bond donors (Lipinski definition) is 2. The van der Waals surface area contributed by atoms with Crippen LogP contribution in [0.25, 0.3) is 0 Å². The third kappa shape index (κ3) is 5.00. The van der Waals surface area contributed by atoms with Crippen molar-refractivity contribution in [3.05, 3.63) is 32.6 Å². The van der Waals surface area contributed by atoms with Crippen molar-refractivity contribution >= 4 is 29.2 Å². The van der Waals surface area contributed by atoms with Crippen LogP contribution in [0.5, 0.6) is 0 Å². The third-order valence-electron chi connectivity index (χ3n) is 3.86. The average Bonchev–Trinajstić information content (AvgIpc) is 3.03. The molecular weight excluding hydrogens is 372 g/mol. The normalized spacial score (nSPS) is 10.9. The number of amides is 1. The van der Waals surface area contributed by atoms with Crippen molar-refractivity contribution in [3.8, 4) is 0 Å². The fourth-order valence-corrected chi connectivity index (χ4v) is 3.28. The number of nitrogens with one attached hydrogen (secondary N) is 1. The zero-order valence-electron chi connectivity index (χ0n) is 15.7. The van der Waals surface area contributed by atoms with E-state index in [4.69, 9.17) is 10.3 Å². The predicted molar refractivity (Wildman–Crippen MR) is 104 cm³/mol. The fraction of sp³-hybridized carbons (Fsp3) is 0.562. The molecule has 0 unspecified atom stereocenters. The van der Waals surface area contributed by atoms with Crippen LogP contribution in [-0.2, 0) is 17.1 Å². The number of nitrogen functional groups attached to an aromatic ring is 1. The molecular formula is C16H24N6O4S. The van der Waals surface area contributed by atoms with Crippen molar-refractivity contribution in [2.45, 2.75) is 45.9 Å². The molecule has 27 heavy (non-hydrogen) atoms. The summed E-state index contributed by atoms with van der Waals surface area (Å²) in [5.41, 5.74) is 4.84. The van der Waals surface area contributed by atoms with E-state index in [1.54, 1.807) is 13.8 Å². The molecule has 1 amide bonds. The van der Waals surface area contributed by atoms with E-state index in [0.717, 1.165) is 12.8 Å². The van der Waals surface area contributed by atoms with E-state index in [2.05, 4.69) is 15.1 Å². The van der Waals surface area contributed by atoms with E-state index < -0.39 is 11.2 Å². The van der Waals surface area contributed by atoms with Gasteiger partial charge in [0.15, 0.2) is 11.5 Å². The van der Waals surface area contributed by atoms with Crippen molar-refractivity contribution in [1.82, 2.24) is 19.7 Å². The number of H-pyrrole nitrogens is 1. The Morgan fingerprint density at radius 3 is 2.70 bits per heavy atom. The first-order chi connectivity index (χ1) is 12.9. The van der Waals surface area contributed by atoms with Gasteiger partial charge in [0.2, 0.25) is 11.8 Å². The van der Waals surface area contributed by atoms with Crippen molar-refractivity contribution < 1.29 is 9.32 Å². The van der Waals surface area contributed by atoms with Crippen molar-refractivity contribution in [2.75, 3.05) is 22.9 Å². The number of aromatic nitrogens is 4. The number of nitrogens with zero attached hydrogens (tertiary/aromatic N) is 4. The lowest BCUT2D eigenvalue weighted by Crippen LogP contribution is -2.41. The Bertz CT molecular complexity index is 903. The molecule has 0 fully saturated rings. The molecule has 0 atom stereocenters. The van der Waals surface area contributed by atoms with Crippen LogP contribution >= 0.6 is 11.8 Å². The van der Waals surface area contributed by atoms with Gasteiger partial charge in [0.05, 0.1) is 11.5 Å². The summed E-state index contributed by atoms with van der Waals surface area (Å²) in [7, 11) is 0. The maximum absolute atomic E-state index is 12.6. The van der Waals surface area contributed by atoms with Gasteiger partial charge in [0.25, 0.3) is 5.56 Å². The smallest absolute Gasteiger partial charge is 0.330 e. The van der Waals surface area contributed by atoms with Gasteiger partial charge in [-0.15, -0.1) is 11.8 Å². The zero-order valence-corrected chi connectivity index (χ0v) is 16.5. The van der Waals surface area contributed by atoms with Gasteiger partial charge in [-0.3, -0.25) is 19.1 Å². The third-order valence-corrected chi connectivity index (χ3v) is 4.78. The van der Waals surface area contributed by atoms with E-state index >= 15 is 0 Å². The highest BCUT2D eigenvalue weighted by atomic mass is 32.2. The summed E-state index contributed by atoms with van der Waals surface area (Å²) in [5, 5.41) is 3.77. The Morgan fingerprint density at radius 1 is 1.37 bits per heavy atom. The molecule has 2 aromatic heterocycles. The first-order valence-corrected chi connectivity index (χ1v) is 9.84. The molecule has 0 saturated carbocycles. The van der Waals surface area contributed by atoms with Crippen molar-refractivity contribution in [2.24, 2.45) is 0 Å². The highest BCUT2D eigenvalue weighted by molar-refractivity contribution is 7.99. The molecule has 0 spiro atoms. The molecule has 2 rings (SSSR count). The number of aryl methyl sites for hydroxylation is 1. The minimum Gasteiger partial charge on any atom is -0.383 e. The maximum atomic E-state index is 12.6. The number of unbranched alkanes of at least 4 members (excludes halogenated alkanes) is 1. The Balaban J connectivity index is 2.18. The van der Waals surface area contributed by atoms with Gasteiger partial charge in [0.1, 0.15) is 5.82 Å². The largest absolute Gasteiger partial charge is 0.383 e. The number of nitrogens with two attached hydrogens (primary N) is 1. The van der Waals surface area contributed by atoms with Crippen LogP contribution in [0, 0.1) is 6.92 Å². The van der Waals surface area contributed by atoms with E-state index in [-0.39, 0.29) is 29.7 Å². The van der Waals surface area contributed by atoms with Crippen molar-refractivity contribution in [3.63, 3.8) is 0 Å². The molecule has 2 aromatic rings. The van der Waals surface area contributed by atoms with Crippen LogP contribution in [-0.4, -0.2) is 37.9 Å². The van der Waals surface area contributed by atoms with Gasteiger partial charge in [-0.05, 0) is 13.3 Å². The number of aromatic amines is 1. The second kappa shape index (κ2) is 9.40. The zero-order chi connectivity index (χ0) is 20.0. The molecule has 0 aliphatic rings. The van der Waals surface area contributed by atoms with Crippen LogP contribution in [0.4, 0.5) is 11.5 Å². The lowest BCUT2D eigenvalue weighted by molar-refractivity contribution is -0.116. The molecule has 3 N–H and O–H groups in total. The monoisotopic (exact) mass is 396 g/mol. The highest BCUT2D eigenvalue weighted by Gasteiger charge is 2.23. The summed E-state index contributed by atoms with van der Waals surface area (Å²) in [6.07, 6.45) is 1.60. The van der Waals surface area contributed by atoms with E-state index in [1.807, 2.05) is 6.92 Å². The van der Waals surface area contributed by atoms with Crippen LogP contribution in [0.3, 0.4) is 0 Å². The quantitative estimate of drug-likeness (QED) is 0.637. The number of rotatable bonds is 9. The van der Waals surface area contributed by atoms with Crippen LogP contribution in [0.15, 0.2) is 14.1 Å². The second-order valence-corrected chi connectivity index (χ2v) is 6.84. The maximum Gasteiger partial charge on any atom is 0.330 e.